The van der Waals surface area contributed by atoms with Gasteiger partial charge in [-0.1, -0.05) is 0 Å². The number of anilines is 1. The van der Waals surface area contributed by atoms with Gasteiger partial charge in [0.2, 0.25) is 0 Å². The molecule has 0 heterocycles. The van der Waals surface area contributed by atoms with E-state index in [2.05, 4.69) is 20.7 Å². The van der Waals surface area contributed by atoms with Gasteiger partial charge in [-0.25, -0.2) is 18.3 Å². The summed E-state index contributed by atoms with van der Waals surface area (Å²) in [6.07, 6.45) is -1.26. The molecule has 0 aliphatic rings. The highest BCUT2D eigenvalue weighted by Crippen LogP contribution is 2.23. The van der Waals surface area contributed by atoms with Crippen molar-refractivity contribution in [3.63, 3.8) is 0 Å². The standard InChI is InChI=1S/C8H7BrF2N2O4S/c1-17-8(14)13-18(15,16)12-7-3-5(10)4(9)2-6(7)11/h2-3,12H,1H3,(H,13,14). The molecule has 10 heteroatoms. The molecule has 0 spiro atoms. The molecular weight excluding hydrogens is 338 g/mol. The number of carbonyl (C=O) groups excluding carboxylic acids is 1. The van der Waals surface area contributed by atoms with Crippen molar-refractivity contribution in [2.75, 3.05) is 11.8 Å². The lowest BCUT2D eigenvalue weighted by molar-refractivity contribution is 0.177. The highest BCUT2D eigenvalue weighted by molar-refractivity contribution is 9.10. The molecule has 0 bridgehead atoms. The Morgan fingerprint density at radius 2 is 1.94 bits per heavy atom. The molecular formula is C8H7BrF2N2O4S. The van der Waals surface area contributed by atoms with Crippen LogP contribution in [0.1, 0.15) is 0 Å². The summed E-state index contributed by atoms with van der Waals surface area (Å²) in [5.74, 6) is -1.88. The molecule has 1 aromatic rings. The van der Waals surface area contributed by atoms with Crippen LogP contribution in [0.5, 0.6) is 0 Å². The minimum Gasteiger partial charge on any atom is -0.452 e. The molecule has 18 heavy (non-hydrogen) atoms. The summed E-state index contributed by atoms with van der Waals surface area (Å²) < 4.78 is 56.0. The smallest absolute Gasteiger partial charge is 0.422 e. The zero-order chi connectivity index (χ0) is 13.9. The summed E-state index contributed by atoms with van der Waals surface area (Å²) in [5.41, 5.74) is -0.646. The van der Waals surface area contributed by atoms with Crippen LogP contribution < -0.4 is 9.44 Å². The number of hydrogen-bond donors (Lipinski definition) is 2. The summed E-state index contributed by atoms with van der Waals surface area (Å²) in [4.78, 5) is 10.7. The van der Waals surface area contributed by atoms with Crippen LogP contribution in [-0.2, 0) is 14.9 Å². The number of hydrogen-bond acceptors (Lipinski definition) is 4. The summed E-state index contributed by atoms with van der Waals surface area (Å²) >= 11 is 2.73. The summed E-state index contributed by atoms with van der Waals surface area (Å²) in [6.45, 7) is 0. The van der Waals surface area contributed by atoms with E-state index < -0.39 is 33.6 Å². The van der Waals surface area contributed by atoms with Crippen molar-refractivity contribution >= 4 is 37.9 Å². The first-order valence-corrected chi connectivity index (χ1v) is 6.56. The zero-order valence-corrected chi connectivity index (χ0v) is 11.2. The van der Waals surface area contributed by atoms with Gasteiger partial charge in [-0.3, -0.25) is 4.72 Å². The van der Waals surface area contributed by atoms with Crippen LogP contribution in [0.4, 0.5) is 19.3 Å². The van der Waals surface area contributed by atoms with Crippen LogP contribution in [0.25, 0.3) is 0 Å². The highest BCUT2D eigenvalue weighted by atomic mass is 79.9. The Morgan fingerprint density at radius 1 is 1.33 bits per heavy atom. The second-order valence-electron chi connectivity index (χ2n) is 2.95. The van der Waals surface area contributed by atoms with Crippen LogP contribution in [0.3, 0.4) is 0 Å². The number of ether oxygens (including phenoxy) is 1. The predicted molar refractivity (Wildman–Crippen MR) is 62.1 cm³/mol. The first-order chi connectivity index (χ1) is 8.25. The number of nitrogens with one attached hydrogen (secondary N) is 2. The molecule has 1 rings (SSSR count). The van der Waals surface area contributed by atoms with Gasteiger partial charge < -0.3 is 4.74 Å². The summed E-state index contributed by atoms with van der Waals surface area (Å²) in [7, 11) is -3.45. The van der Waals surface area contributed by atoms with Crippen molar-refractivity contribution in [2.45, 2.75) is 0 Å². The van der Waals surface area contributed by atoms with Crippen molar-refractivity contribution in [3.05, 3.63) is 28.2 Å². The SMILES string of the molecule is COC(=O)NS(=O)(=O)Nc1cc(F)c(Br)cc1F. The second-order valence-corrected chi connectivity index (χ2v) is 5.21. The van der Waals surface area contributed by atoms with Crippen LogP contribution in [0.15, 0.2) is 16.6 Å². The fraction of sp³-hybridized carbons (Fsp3) is 0.125. The first-order valence-electron chi connectivity index (χ1n) is 4.28. The van der Waals surface area contributed by atoms with Crippen molar-refractivity contribution in [2.24, 2.45) is 0 Å². The van der Waals surface area contributed by atoms with Gasteiger partial charge in [-0.15, -0.1) is 0 Å². The van der Waals surface area contributed by atoms with Gasteiger partial charge in [0.15, 0.2) is 0 Å². The molecule has 0 aromatic heterocycles. The topological polar surface area (TPSA) is 84.5 Å². The maximum absolute atomic E-state index is 13.3. The third-order valence-electron chi connectivity index (χ3n) is 1.66. The molecule has 0 saturated carbocycles. The third-order valence-corrected chi connectivity index (χ3v) is 3.19. The van der Waals surface area contributed by atoms with E-state index in [-0.39, 0.29) is 4.47 Å². The van der Waals surface area contributed by atoms with Crippen LogP contribution in [-0.4, -0.2) is 21.6 Å². The van der Waals surface area contributed by atoms with Gasteiger partial charge in [-0.2, -0.15) is 8.42 Å². The minimum atomic E-state index is -4.39. The quantitative estimate of drug-likeness (QED) is 0.818. The molecule has 0 saturated heterocycles. The normalized spacial score (nSPS) is 10.9. The molecule has 100 valence electrons. The number of amides is 1. The lowest BCUT2D eigenvalue weighted by Crippen LogP contribution is -2.35. The Bertz CT molecular complexity index is 579. The van der Waals surface area contributed by atoms with Gasteiger partial charge in [0, 0.05) is 6.07 Å². The van der Waals surface area contributed by atoms with Crippen LogP contribution in [0, 0.1) is 11.6 Å². The highest BCUT2D eigenvalue weighted by Gasteiger charge is 2.18. The molecule has 1 aromatic carbocycles. The molecule has 0 fully saturated rings. The van der Waals surface area contributed by atoms with Crippen molar-refractivity contribution in [1.29, 1.82) is 0 Å². The lowest BCUT2D eigenvalue weighted by atomic mass is 10.3. The van der Waals surface area contributed by atoms with Gasteiger partial charge in [-0.05, 0) is 22.0 Å². The van der Waals surface area contributed by atoms with E-state index in [0.29, 0.717) is 6.07 Å². The Hall–Kier alpha value is -1.42. The van der Waals surface area contributed by atoms with E-state index in [9.17, 15) is 22.0 Å². The van der Waals surface area contributed by atoms with Crippen LogP contribution >= 0.6 is 15.9 Å². The third kappa shape index (κ3) is 3.81. The molecule has 0 radical (unpaired) electrons. The molecule has 0 atom stereocenters. The van der Waals surface area contributed by atoms with Gasteiger partial charge in [0.1, 0.15) is 11.6 Å². The van der Waals surface area contributed by atoms with Gasteiger partial charge in [0.05, 0.1) is 17.3 Å². The summed E-state index contributed by atoms with van der Waals surface area (Å²) in [5, 5.41) is 0. The number of halogens is 3. The molecule has 0 aliphatic heterocycles. The summed E-state index contributed by atoms with van der Waals surface area (Å²) in [6, 6.07) is 1.36. The maximum atomic E-state index is 13.3. The number of methoxy groups -OCH3 is 1. The Morgan fingerprint density at radius 3 is 2.50 bits per heavy atom. The number of benzene rings is 1. The average Bonchev–Trinajstić information content (AvgIpc) is 2.24. The molecule has 0 unspecified atom stereocenters. The van der Waals surface area contributed by atoms with Crippen LogP contribution in [0.2, 0.25) is 0 Å². The Kier molecular flexibility index (Phi) is 4.46. The number of rotatable bonds is 3. The van der Waals surface area contributed by atoms with Crippen molar-refractivity contribution in [3.8, 4) is 0 Å². The van der Waals surface area contributed by atoms with Gasteiger partial charge >= 0.3 is 16.3 Å². The van der Waals surface area contributed by atoms with E-state index >= 15 is 0 Å². The van der Waals surface area contributed by atoms with E-state index in [0.717, 1.165) is 13.2 Å². The van der Waals surface area contributed by atoms with E-state index in [1.165, 1.54) is 4.72 Å². The Labute approximate surface area is 110 Å². The largest absolute Gasteiger partial charge is 0.452 e. The molecule has 2 N–H and O–H groups in total. The molecule has 0 aliphatic carbocycles. The van der Waals surface area contributed by atoms with E-state index in [1.54, 1.807) is 4.72 Å². The fourth-order valence-corrected chi connectivity index (χ4v) is 2.04. The minimum absolute atomic E-state index is 0.163. The second kappa shape index (κ2) is 5.48. The maximum Gasteiger partial charge on any atom is 0.422 e. The first kappa shape index (κ1) is 14.6. The fourth-order valence-electron chi connectivity index (χ4n) is 0.922. The average molecular weight is 345 g/mol. The van der Waals surface area contributed by atoms with E-state index in [1.807, 2.05) is 0 Å². The molecule has 6 nitrogen and oxygen atoms in total. The van der Waals surface area contributed by atoms with Crippen molar-refractivity contribution in [1.82, 2.24) is 4.72 Å². The molecule has 1 amide bonds. The van der Waals surface area contributed by atoms with Gasteiger partial charge in [0.25, 0.3) is 0 Å². The Balaban J connectivity index is 2.98. The monoisotopic (exact) mass is 344 g/mol. The number of carbonyl (C=O) groups is 1. The zero-order valence-electron chi connectivity index (χ0n) is 8.83. The lowest BCUT2D eigenvalue weighted by Gasteiger charge is -2.09. The van der Waals surface area contributed by atoms with E-state index in [4.69, 9.17) is 0 Å². The predicted octanol–water partition coefficient (Wildman–Crippen LogP) is 1.74. The van der Waals surface area contributed by atoms with Crippen molar-refractivity contribution < 1.29 is 26.7 Å².